The molecule has 0 fully saturated rings. The minimum atomic E-state index is -0.729. The highest BCUT2D eigenvalue weighted by molar-refractivity contribution is 7.99. The van der Waals surface area contributed by atoms with Gasteiger partial charge in [-0.05, 0) is 42.0 Å². The lowest BCUT2D eigenvalue weighted by Gasteiger charge is -2.15. The minimum absolute atomic E-state index is 0.0403. The van der Waals surface area contributed by atoms with Gasteiger partial charge in [0.1, 0.15) is 21.8 Å². The normalized spacial score (nSPS) is 11.1. The summed E-state index contributed by atoms with van der Waals surface area (Å²) < 4.78 is 17.7. The fourth-order valence-corrected chi connectivity index (χ4v) is 4.80. The molecule has 1 N–H and O–H groups in total. The van der Waals surface area contributed by atoms with Crippen molar-refractivity contribution in [1.82, 2.24) is 4.57 Å². The number of benzene rings is 3. The maximum Gasteiger partial charge on any atom is 0.354 e. The highest BCUT2D eigenvalue weighted by Crippen LogP contribution is 2.38. The summed E-state index contributed by atoms with van der Waals surface area (Å²) in [7, 11) is 3.10. The van der Waals surface area contributed by atoms with E-state index < -0.39 is 16.9 Å². The van der Waals surface area contributed by atoms with Crippen molar-refractivity contribution in [2.24, 2.45) is 0 Å². The quantitative estimate of drug-likeness (QED) is 0.336. The Labute approximate surface area is 204 Å². The van der Waals surface area contributed by atoms with Crippen LogP contribution < -0.4 is 20.7 Å². The van der Waals surface area contributed by atoms with Gasteiger partial charge in [0.15, 0.2) is 11.3 Å². The van der Waals surface area contributed by atoms with Gasteiger partial charge in [0, 0.05) is 16.3 Å². The fourth-order valence-electron chi connectivity index (χ4n) is 3.97. The molecule has 2 aromatic heterocycles. The summed E-state index contributed by atoms with van der Waals surface area (Å²) >= 11 is 1.02. The Balaban J connectivity index is 1.76. The third kappa shape index (κ3) is 4.13. The van der Waals surface area contributed by atoms with Gasteiger partial charge in [-0.2, -0.15) is 0 Å². The van der Waals surface area contributed by atoms with E-state index in [0.29, 0.717) is 27.3 Å². The number of rotatable bonds is 6. The van der Waals surface area contributed by atoms with Crippen molar-refractivity contribution in [1.29, 1.82) is 0 Å². The Kier molecular flexibility index (Phi) is 5.96. The summed E-state index contributed by atoms with van der Waals surface area (Å²) in [5, 5.41) is 11.7. The molecule has 35 heavy (non-hydrogen) atoms. The number of fused-ring (bicyclic) bond motifs is 3. The number of methoxy groups -OCH3 is 2. The number of hydrogen-bond donors (Lipinski definition) is 1. The SMILES string of the molecule is COc1ccc(Sc2c(O)c3c(=O)n(Cc4ccccc4)c4cc(OC)ccc4c3oc2=O)cc1. The van der Waals surface area contributed by atoms with E-state index in [9.17, 15) is 14.7 Å². The lowest BCUT2D eigenvalue weighted by molar-refractivity contribution is 0.414. The molecule has 0 aliphatic carbocycles. The zero-order valence-electron chi connectivity index (χ0n) is 19.0. The predicted octanol–water partition coefficient (Wildman–Crippen LogP) is 5.03. The third-order valence-corrected chi connectivity index (χ3v) is 6.79. The van der Waals surface area contributed by atoms with Crippen molar-refractivity contribution < 1.29 is 19.0 Å². The van der Waals surface area contributed by atoms with E-state index in [1.807, 2.05) is 30.3 Å². The molecule has 3 aromatic carbocycles. The lowest BCUT2D eigenvalue weighted by atomic mass is 10.1. The predicted molar refractivity (Wildman–Crippen MR) is 135 cm³/mol. The van der Waals surface area contributed by atoms with E-state index in [4.69, 9.17) is 13.9 Å². The zero-order chi connectivity index (χ0) is 24.5. The molecule has 8 heteroatoms. The second kappa shape index (κ2) is 9.23. The van der Waals surface area contributed by atoms with Crippen LogP contribution in [0.2, 0.25) is 0 Å². The van der Waals surface area contributed by atoms with E-state index in [-0.39, 0.29) is 22.4 Å². The minimum Gasteiger partial charge on any atom is -0.505 e. The second-order valence-electron chi connectivity index (χ2n) is 7.81. The Morgan fingerprint density at radius 1 is 0.914 bits per heavy atom. The first-order chi connectivity index (χ1) is 17.0. The van der Waals surface area contributed by atoms with E-state index in [2.05, 4.69) is 0 Å². The summed E-state index contributed by atoms with van der Waals surface area (Å²) in [5.74, 6) is 0.813. The van der Waals surface area contributed by atoms with Gasteiger partial charge < -0.3 is 23.6 Å². The first kappa shape index (κ1) is 22.6. The van der Waals surface area contributed by atoms with Crippen molar-refractivity contribution in [3.8, 4) is 17.2 Å². The molecular weight excluding hydrogens is 466 g/mol. The molecule has 0 aliphatic rings. The first-order valence-corrected chi connectivity index (χ1v) is 11.6. The van der Waals surface area contributed by atoms with Crippen molar-refractivity contribution in [3.63, 3.8) is 0 Å². The molecule has 2 heterocycles. The van der Waals surface area contributed by atoms with Crippen molar-refractivity contribution in [2.45, 2.75) is 16.3 Å². The Bertz CT molecular complexity index is 1660. The Morgan fingerprint density at radius 3 is 2.29 bits per heavy atom. The molecule has 0 spiro atoms. The topological polar surface area (TPSA) is 90.9 Å². The maximum atomic E-state index is 13.7. The van der Waals surface area contributed by atoms with Gasteiger partial charge in [0.2, 0.25) is 0 Å². The largest absolute Gasteiger partial charge is 0.505 e. The first-order valence-electron chi connectivity index (χ1n) is 10.8. The average Bonchev–Trinajstić information content (AvgIpc) is 2.89. The maximum absolute atomic E-state index is 13.7. The standard InChI is InChI=1S/C27H21NO6S/c1-32-17-8-11-19(12-9-17)35-25-23(29)22-24(34-27(25)31)20-13-10-18(33-2)14-21(20)28(26(22)30)15-16-6-4-3-5-7-16/h3-14,29H,15H2,1-2H3. The zero-order valence-corrected chi connectivity index (χ0v) is 19.8. The molecule has 5 rings (SSSR count). The van der Waals surface area contributed by atoms with Gasteiger partial charge in [-0.15, -0.1) is 0 Å². The lowest BCUT2D eigenvalue weighted by Crippen LogP contribution is -2.23. The van der Waals surface area contributed by atoms with Crippen LogP contribution in [0.25, 0.3) is 21.9 Å². The summed E-state index contributed by atoms with van der Waals surface area (Å²) in [4.78, 5) is 27.3. The number of nitrogens with zero attached hydrogens (tertiary/aromatic N) is 1. The third-order valence-electron chi connectivity index (χ3n) is 5.72. The summed E-state index contributed by atoms with van der Waals surface area (Å²) in [6, 6.07) is 21.7. The average molecular weight is 488 g/mol. The monoisotopic (exact) mass is 487 g/mol. The molecule has 176 valence electrons. The molecule has 7 nitrogen and oxygen atoms in total. The molecule has 0 aliphatic heterocycles. The van der Waals surface area contributed by atoms with Crippen LogP contribution in [0.4, 0.5) is 0 Å². The van der Waals surface area contributed by atoms with E-state index in [1.54, 1.807) is 54.1 Å². The van der Waals surface area contributed by atoms with Crippen molar-refractivity contribution in [3.05, 3.63) is 99.1 Å². The highest BCUT2D eigenvalue weighted by Gasteiger charge is 2.23. The molecule has 0 amide bonds. The molecule has 0 atom stereocenters. The van der Waals surface area contributed by atoms with Crippen LogP contribution in [-0.2, 0) is 6.54 Å². The molecule has 0 unspecified atom stereocenters. The van der Waals surface area contributed by atoms with E-state index >= 15 is 0 Å². The molecule has 0 saturated heterocycles. The summed E-state index contributed by atoms with van der Waals surface area (Å²) in [6.07, 6.45) is 0. The van der Waals surface area contributed by atoms with E-state index in [0.717, 1.165) is 17.3 Å². The van der Waals surface area contributed by atoms with Crippen LogP contribution in [-0.4, -0.2) is 23.9 Å². The smallest absolute Gasteiger partial charge is 0.354 e. The van der Waals surface area contributed by atoms with Crippen LogP contribution in [0, 0.1) is 0 Å². The van der Waals surface area contributed by atoms with Crippen LogP contribution in [0.3, 0.4) is 0 Å². The second-order valence-corrected chi connectivity index (χ2v) is 8.89. The van der Waals surface area contributed by atoms with Crippen LogP contribution >= 0.6 is 11.8 Å². The number of pyridine rings is 1. The van der Waals surface area contributed by atoms with Gasteiger partial charge in [-0.1, -0.05) is 42.1 Å². The van der Waals surface area contributed by atoms with E-state index in [1.165, 1.54) is 7.11 Å². The van der Waals surface area contributed by atoms with Gasteiger partial charge >= 0.3 is 5.63 Å². The van der Waals surface area contributed by atoms with Gasteiger partial charge in [-0.3, -0.25) is 4.79 Å². The molecule has 0 radical (unpaired) electrons. The summed E-state index contributed by atoms with van der Waals surface area (Å²) in [5.41, 5.74) is 0.278. The molecular formula is C27H21NO6S. The van der Waals surface area contributed by atoms with Crippen LogP contribution in [0.1, 0.15) is 5.56 Å². The molecule has 5 aromatic rings. The van der Waals surface area contributed by atoms with Gasteiger partial charge in [-0.25, -0.2) is 4.79 Å². The Hall–Kier alpha value is -4.17. The number of ether oxygens (including phenoxy) is 2. The molecule has 0 bridgehead atoms. The number of aromatic nitrogens is 1. The van der Waals surface area contributed by atoms with Crippen LogP contribution in [0.15, 0.2) is 96.6 Å². The number of hydrogen-bond acceptors (Lipinski definition) is 7. The van der Waals surface area contributed by atoms with Crippen LogP contribution in [0.5, 0.6) is 17.2 Å². The Morgan fingerprint density at radius 2 is 1.60 bits per heavy atom. The van der Waals surface area contributed by atoms with Crippen molar-refractivity contribution >= 4 is 33.6 Å². The van der Waals surface area contributed by atoms with Gasteiger partial charge in [0.05, 0.1) is 26.3 Å². The fraction of sp³-hybridized carbons (Fsp3) is 0.111. The molecule has 0 saturated carbocycles. The van der Waals surface area contributed by atoms with Gasteiger partial charge in [0.25, 0.3) is 5.56 Å². The number of aromatic hydroxyl groups is 1. The highest BCUT2D eigenvalue weighted by atomic mass is 32.2. The summed E-state index contributed by atoms with van der Waals surface area (Å²) in [6.45, 7) is 0.263. The van der Waals surface area contributed by atoms with Crippen molar-refractivity contribution in [2.75, 3.05) is 14.2 Å².